The second kappa shape index (κ2) is 10.8. The van der Waals surface area contributed by atoms with Crippen molar-refractivity contribution < 1.29 is 24.3 Å². The van der Waals surface area contributed by atoms with E-state index in [1.54, 1.807) is 31.4 Å². The predicted molar refractivity (Wildman–Crippen MR) is 157 cm³/mol. The number of methoxy groups -OCH3 is 2. The number of hydrogen-bond donors (Lipinski definition) is 1. The first kappa shape index (κ1) is 27.8. The number of nitrogens with zero attached hydrogens (tertiary/aromatic N) is 1. The van der Waals surface area contributed by atoms with Gasteiger partial charge in [0.25, 0.3) is 0 Å². The first-order valence-electron chi connectivity index (χ1n) is 14.8. The van der Waals surface area contributed by atoms with Gasteiger partial charge in [-0.2, -0.15) is 0 Å². The molecule has 2 saturated carbocycles. The highest BCUT2D eigenvalue weighted by Crippen LogP contribution is 2.67. The number of rotatable bonds is 7. The molecule has 2 fully saturated rings. The number of Topliss-reactive ketones (excluding diaryl/α,β-unsaturated/α-hetero) is 1. The largest absolute Gasteiger partial charge is 0.410 e. The van der Waals surface area contributed by atoms with Gasteiger partial charge in [-0.05, 0) is 73.1 Å². The van der Waals surface area contributed by atoms with E-state index in [0.717, 1.165) is 38.5 Å². The van der Waals surface area contributed by atoms with Crippen molar-refractivity contribution in [3.05, 3.63) is 94.1 Å². The maximum absolute atomic E-state index is 13.1. The summed E-state index contributed by atoms with van der Waals surface area (Å²) in [6, 6.07) is 16.9. The Morgan fingerprint density at radius 2 is 1.76 bits per heavy atom. The summed E-state index contributed by atoms with van der Waals surface area (Å²) in [6.07, 6.45) is 8.30. The van der Waals surface area contributed by atoms with E-state index in [2.05, 4.69) is 24.2 Å². The van der Waals surface area contributed by atoms with E-state index in [1.165, 1.54) is 22.3 Å². The Balaban J connectivity index is 1.42. The van der Waals surface area contributed by atoms with Gasteiger partial charge in [-0.25, -0.2) is 0 Å². The number of benzene rings is 2. The molecular weight excluding hydrogens is 514 g/mol. The minimum Gasteiger partial charge on any atom is -0.410 e. The van der Waals surface area contributed by atoms with Crippen LogP contribution < -0.4 is 0 Å². The number of fused-ring (bicyclic) bond motifs is 4. The van der Waals surface area contributed by atoms with Crippen LogP contribution in [-0.4, -0.2) is 48.9 Å². The average molecular weight is 554 g/mol. The summed E-state index contributed by atoms with van der Waals surface area (Å²) in [7, 11) is 3.59. The fourth-order valence-electron chi connectivity index (χ4n) is 8.73. The van der Waals surface area contributed by atoms with E-state index in [-0.39, 0.29) is 34.2 Å². The van der Waals surface area contributed by atoms with Crippen LogP contribution in [0, 0.1) is 17.3 Å². The fraction of sp³-hybridized carbons (Fsp3) is 0.457. The number of carbonyl (C=O) groups is 2. The standard InChI is InChI=1S/C35H39NO5/c1-34-20-29(22-9-11-23(12-10-22)32(36-39)33(38)24-7-5-4-6-8-24)31-27-16-14-26(37)19-25(27)13-15-28(31)30(34)17-18-35(34,41-3)21-40-2/h4-12,19,28-30,39H,13-18,20-21H2,1-3H3/b36-32+/t28-,29+,30-,34-,35+/m0/s1. The zero-order valence-corrected chi connectivity index (χ0v) is 24.2. The highest BCUT2D eigenvalue weighted by Gasteiger charge is 2.63. The third kappa shape index (κ3) is 4.43. The van der Waals surface area contributed by atoms with Crippen LogP contribution in [0.15, 0.2) is 82.5 Å². The molecule has 5 atom stereocenters. The second-order valence-corrected chi connectivity index (χ2v) is 12.4. The Labute approximate surface area is 242 Å². The van der Waals surface area contributed by atoms with E-state index < -0.39 is 0 Å². The highest BCUT2D eigenvalue weighted by atomic mass is 16.5. The van der Waals surface area contributed by atoms with Crippen molar-refractivity contribution in [3.63, 3.8) is 0 Å². The maximum atomic E-state index is 13.1. The van der Waals surface area contributed by atoms with Crippen molar-refractivity contribution >= 4 is 17.3 Å². The van der Waals surface area contributed by atoms with Crippen LogP contribution in [-0.2, 0) is 14.3 Å². The minimum absolute atomic E-state index is 0.0290. The summed E-state index contributed by atoms with van der Waals surface area (Å²) in [5, 5.41) is 13.2. The quantitative estimate of drug-likeness (QED) is 0.179. The van der Waals surface area contributed by atoms with Crippen LogP contribution in [0.4, 0.5) is 0 Å². The Kier molecular flexibility index (Phi) is 7.33. The maximum Gasteiger partial charge on any atom is 0.215 e. The molecule has 214 valence electrons. The molecule has 0 saturated heterocycles. The Morgan fingerprint density at radius 1 is 1.00 bits per heavy atom. The van der Waals surface area contributed by atoms with E-state index >= 15 is 0 Å². The molecule has 2 aromatic carbocycles. The summed E-state index contributed by atoms with van der Waals surface area (Å²) in [4.78, 5) is 25.5. The molecular formula is C35H39NO5. The fourth-order valence-corrected chi connectivity index (χ4v) is 8.73. The smallest absolute Gasteiger partial charge is 0.215 e. The van der Waals surface area contributed by atoms with Gasteiger partial charge in [0.05, 0.1) is 12.2 Å². The van der Waals surface area contributed by atoms with Gasteiger partial charge in [-0.15, -0.1) is 0 Å². The van der Waals surface area contributed by atoms with Crippen LogP contribution in [0.5, 0.6) is 0 Å². The van der Waals surface area contributed by atoms with Gasteiger partial charge in [0.1, 0.15) is 0 Å². The molecule has 2 aromatic rings. The van der Waals surface area contributed by atoms with Crippen molar-refractivity contribution in [3.8, 4) is 0 Å². The van der Waals surface area contributed by atoms with E-state index in [4.69, 9.17) is 9.47 Å². The summed E-state index contributed by atoms with van der Waals surface area (Å²) < 4.78 is 12.1. The van der Waals surface area contributed by atoms with Gasteiger partial charge in [-0.1, -0.05) is 72.2 Å². The predicted octanol–water partition coefficient (Wildman–Crippen LogP) is 6.68. The molecule has 0 amide bonds. The van der Waals surface area contributed by atoms with Gasteiger partial charge in [0.15, 0.2) is 11.5 Å². The molecule has 4 aliphatic rings. The third-order valence-electron chi connectivity index (χ3n) is 10.7. The number of allylic oxidation sites excluding steroid dienone is 4. The number of oxime groups is 1. The van der Waals surface area contributed by atoms with Crippen molar-refractivity contribution in [2.45, 2.75) is 63.4 Å². The summed E-state index contributed by atoms with van der Waals surface area (Å²) >= 11 is 0. The van der Waals surface area contributed by atoms with Crippen molar-refractivity contribution in [2.75, 3.05) is 20.8 Å². The van der Waals surface area contributed by atoms with Crippen molar-refractivity contribution in [1.82, 2.24) is 0 Å². The molecule has 6 heteroatoms. The molecule has 4 aliphatic carbocycles. The van der Waals surface area contributed by atoms with Gasteiger partial charge in [0, 0.05) is 43.1 Å². The summed E-state index contributed by atoms with van der Waals surface area (Å²) in [5.74, 6) is 1.00. The molecule has 0 bridgehead atoms. The molecule has 1 N–H and O–H groups in total. The minimum atomic E-state index is -0.349. The van der Waals surface area contributed by atoms with Gasteiger partial charge >= 0.3 is 0 Å². The summed E-state index contributed by atoms with van der Waals surface area (Å²) in [5.41, 5.74) is 5.97. The third-order valence-corrected chi connectivity index (χ3v) is 10.7. The molecule has 0 aliphatic heterocycles. The lowest BCUT2D eigenvalue weighted by molar-refractivity contribution is -0.149. The first-order valence-corrected chi connectivity index (χ1v) is 14.8. The number of hydrogen-bond acceptors (Lipinski definition) is 6. The normalized spacial score (nSPS) is 31.3. The first-order chi connectivity index (χ1) is 19.9. The van der Waals surface area contributed by atoms with E-state index in [9.17, 15) is 14.8 Å². The van der Waals surface area contributed by atoms with Crippen LogP contribution in [0.2, 0.25) is 0 Å². The number of ketones is 2. The molecule has 0 heterocycles. The topological polar surface area (TPSA) is 85.2 Å². The molecule has 0 aromatic heterocycles. The SMILES string of the molecule is COC[C@]1(OC)CC[C@H]2[C@@H]3CCC4=CC(=O)CCC4=C3[C@@H](c3ccc(/C(=N\O)C(=O)c4ccccc4)cc3)C[C@@]21C. The van der Waals surface area contributed by atoms with Crippen LogP contribution in [0.25, 0.3) is 0 Å². The van der Waals surface area contributed by atoms with E-state index in [1.807, 2.05) is 31.4 Å². The van der Waals surface area contributed by atoms with Crippen LogP contribution in [0.1, 0.15) is 79.3 Å². The molecule has 41 heavy (non-hydrogen) atoms. The zero-order chi connectivity index (χ0) is 28.8. The molecule has 0 spiro atoms. The highest BCUT2D eigenvalue weighted by molar-refractivity contribution is 6.51. The molecule has 0 unspecified atom stereocenters. The number of carbonyl (C=O) groups excluding carboxylic acids is 2. The average Bonchev–Trinajstić information content (AvgIpc) is 3.29. The second-order valence-electron chi connectivity index (χ2n) is 12.4. The lowest BCUT2D eigenvalue weighted by Gasteiger charge is -2.55. The van der Waals surface area contributed by atoms with Gasteiger partial charge in [-0.3, -0.25) is 9.59 Å². The lowest BCUT2D eigenvalue weighted by Crippen LogP contribution is -2.54. The molecule has 0 radical (unpaired) electrons. The van der Waals surface area contributed by atoms with Crippen LogP contribution >= 0.6 is 0 Å². The van der Waals surface area contributed by atoms with Crippen molar-refractivity contribution in [1.29, 1.82) is 0 Å². The van der Waals surface area contributed by atoms with Gasteiger partial charge < -0.3 is 14.7 Å². The Bertz CT molecular complexity index is 1440. The Hall–Kier alpha value is -3.35. The van der Waals surface area contributed by atoms with Gasteiger partial charge in [0.2, 0.25) is 5.78 Å². The van der Waals surface area contributed by atoms with E-state index in [0.29, 0.717) is 36.0 Å². The Morgan fingerprint density at radius 3 is 2.44 bits per heavy atom. The van der Waals surface area contributed by atoms with Crippen molar-refractivity contribution in [2.24, 2.45) is 22.4 Å². The molecule has 6 rings (SSSR count). The number of ether oxygens (including phenoxy) is 2. The molecule has 6 nitrogen and oxygen atoms in total. The monoisotopic (exact) mass is 553 g/mol. The lowest BCUT2D eigenvalue weighted by atomic mass is 9.51. The summed E-state index contributed by atoms with van der Waals surface area (Å²) in [6.45, 7) is 2.97. The zero-order valence-electron chi connectivity index (χ0n) is 24.2. The van der Waals surface area contributed by atoms with Crippen LogP contribution in [0.3, 0.4) is 0 Å².